The molecule has 2 aromatic rings. The van der Waals surface area contributed by atoms with Crippen LogP contribution in [0.1, 0.15) is 5.56 Å². The Balaban J connectivity index is 2.07. The van der Waals surface area contributed by atoms with E-state index < -0.39 is 20.6 Å². The molecule has 1 aromatic carbocycles. The van der Waals surface area contributed by atoms with Crippen molar-refractivity contribution < 1.29 is 18.1 Å². The summed E-state index contributed by atoms with van der Waals surface area (Å²) >= 11 is 0. The molecule has 0 radical (unpaired) electrons. The summed E-state index contributed by atoms with van der Waals surface area (Å²) in [5.74, 6) is -0.253. The lowest BCUT2D eigenvalue weighted by Gasteiger charge is -2.09. The first-order valence-corrected chi connectivity index (χ1v) is 8.89. The van der Waals surface area contributed by atoms with Gasteiger partial charge in [-0.3, -0.25) is 10.1 Å². The van der Waals surface area contributed by atoms with E-state index in [4.69, 9.17) is 10.5 Å². The molecule has 26 heavy (non-hydrogen) atoms. The second-order valence-electron chi connectivity index (χ2n) is 5.10. The number of rotatable bonds is 9. The number of hydrogen-bond donors (Lipinski definition) is 3. The van der Waals surface area contributed by atoms with Gasteiger partial charge in [-0.05, 0) is 17.7 Å². The van der Waals surface area contributed by atoms with E-state index in [1.54, 1.807) is 12.1 Å². The van der Waals surface area contributed by atoms with Gasteiger partial charge in [-0.15, -0.1) is 0 Å². The minimum Gasteiger partial charge on any atom is -0.383 e. The molecule has 2 rings (SSSR count). The molecule has 0 saturated heterocycles. The van der Waals surface area contributed by atoms with Crippen molar-refractivity contribution in [1.29, 1.82) is 0 Å². The summed E-state index contributed by atoms with van der Waals surface area (Å²) in [5, 5.41) is 13.8. The second kappa shape index (κ2) is 8.51. The number of ether oxygens (including phenoxy) is 1. The summed E-state index contributed by atoms with van der Waals surface area (Å²) in [6.45, 7) is 0.623. The van der Waals surface area contributed by atoms with Crippen molar-refractivity contribution in [3.8, 4) is 0 Å². The molecular weight excluding hydrogens is 364 g/mol. The van der Waals surface area contributed by atoms with E-state index in [1.165, 1.54) is 19.2 Å². The Kier molecular flexibility index (Phi) is 6.38. The number of nitrogen functional groups attached to an aromatic ring is 1. The van der Waals surface area contributed by atoms with Crippen molar-refractivity contribution in [1.82, 2.24) is 14.7 Å². The Morgan fingerprint density at radius 2 is 1.96 bits per heavy atom. The van der Waals surface area contributed by atoms with E-state index in [0.717, 1.165) is 6.33 Å². The smallest absolute Gasteiger partial charge is 0.352 e. The monoisotopic (exact) mass is 382 g/mol. The average Bonchev–Trinajstić information content (AvgIpc) is 2.60. The van der Waals surface area contributed by atoms with Crippen LogP contribution in [0.2, 0.25) is 0 Å². The molecule has 12 heteroatoms. The fourth-order valence-corrected chi connectivity index (χ4v) is 3.05. The zero-order valence-corrected chi connectivity index (χ0v) is 14.7. The van der Waals surface area contributed by atoms with Crippen molar-refractivity contribution in [2.24, 2.45) is 0 Å². The highest BCUT2D eigenvalue weighted by Gasteiger charge is 2.20. The van der Waals surface area contributed by atoms with Crippen LogP contribution in [0.4, 0.5) is 17.3 Å². The van der Waals surface area contributed by atoms with Crippen molar-refractivity contribution in [3.63, 3.8) is 0 Å². The maximum absolute atomic E-state index is 12.1. The summed E-state index contributed by atoms with van der Waals surface area (Å²) in [6, 6.07) is 6.06. The van der Waals surface area contributed by atoms with Crippen LogP contribution in [0.3, 0.4) is 0 Å². The Morgan fingerprint density at radius 1 is 1.27 bits per heavy atom. The van der Waals surface area contributed by atoms with E-state index in [2.05, 4.69) is 20.0 Å². The van der Waals surface area contributed by atoms with E-state index in [-0.39, 0.29) is 36.2 Å². The Morgan fingerprint density at radius 3 is 2.58 bits per heavy atom. The summed E-state index contributed by atoms with van der Waals surface area (Å²) in [5.41, 5.74) is 5.79. The lowest BCUT2D eigenvalue weighted by molar-refractivity contribution is -0.383. The van der Waals surface area contributed by atoms with Crippen LogP contribution in [0.5, 0.6) is 0 Å². The molecule has 1 heterocycles. The number of sulfonamides is 1. The number of hydrogen-bond acceptors (Lipinski definition) is 9. The standard InChI is InChI=1S/C14H18N6O5S/c1-25-7-6-19-26(23,24)11-4-2-10(3-5-11)8-16-14-12(20(21)22)13(15)17-9-18-14/h2-5,9,19H,6-8H2,1H3,(H3,15,16,17,18). The molecule has 4 N–H and O–H groups in total. The van der Waals surface area contributed by atoms with E-state index in [0.29, 0.717) is 5.56 Å². The van der Waals surface area contributed by atoms with E-state index in [9.17, 15) is 18.5 Å². The van der Waals surface area contributed by atoms with Crippen LogP contribution in [0.25, 0.3) is 0 Å². The molecule has 0 saturated carbocycles. The highest BCUT2D eigenvalue weighted by atomic mass is 32.2. The van der Waals surface area contributed by atoms with Crippen molar-refractivity contribution in [3.05, 3.63) is 46.3 Å². The van der Waals surface area contributed by atoms with Gasteiger partial charge in [0.15, 0.2) is 0 Å². The minimum atomic E-state index is -3.62. The molecule has 0 aliphatic rings. The van der Waals surface area contributed by atoms with Crippen LogP contribution in [-0.2, 0) is 21.3 Å². The lowest BCUT2D eigenvalue weighted by atomic mass is 10.2. The molecule has 0 fully saturated rings. The molecule has 0 bridgehead atoms. The molecule has 0 atom stereocenters. The van der Waals surface area contributed by atoms with Gasteiger partial charge in [0.1, 0.15) is 6.33 Å². The van der Waals surface area contributed by atoms with Crippen LogP contribution in [-0.4, -0.2) is 43.6 Å². The second-order valence-corrected chi connectivity index (χ2v) is 6.87. The molecule has 1 aromatic heterocycles. The van der Waals surface area contributed by atoms with Gasteiger partial charge in [-0.2, -0.15) is 0 Å². The quantitative estimate of drug-likeness (QED) is 0.318. The van der Waals surface area contributed by atoms with E-state index >= 15 is 0 Å². The normalized spacial score (nSPS) is 11.3. The number of nitrogens with one attached hydrogen (secondary N) is 2. The third-order valence-electron chi connectivity index (χ3n) is 3.33. The molecule has 0 spiro atoms. The SMILES string of the molecule is COCCNS(=O)(=O)c1ccc(CNc2ncnc(N)c2[N+](=O)[O-])cc1. The van der Waals surface area contributed by atoms with Crippen molar-refractivity contribution in [2.45, 2.75) is 11.4 Å². The van der Waals surface area contributed by atoms with Gasteiger partial charge >= 0.3 is 5.69 Å². The Hall–Kier alpha value is -2.83. The zero-order chi connectivity index (χ0) is 19.2. The molecule has 11 nitrogen and oxygen atoms in total. The number of nitrogens with two attached hydrogens (primary N) is 1. The van der Waals surface area contributed by atoms with Gasteiger partial charge in [0.2, 0.25) is 21.7 Å². The number of nitro groups is 1. The Labute approximate surface area is 149 Å². The summed E-state index contributed by atoms with van der Waals surface area (Å²) in [7, 11) is -2.14. The number of nitrogens with zero attached hydrogens (tertiary/aromatic N) is 3. The molecule has 140 valence electrons. The summed E-state index contributed by atoms with van der Waals surface area (Å²) in [6.07, 6.45) is 1.12. The molecule has 0 aliphatic carbocycles. The number of aromatic nitrogens is 2. The largest absolute Gasteiger partial charge is 0.383 e. The molecule has 0 aliphatic heterocycles. The third kappa shape index (κ3) is 4.84. The first kappa shape index (κ1) is 19.5. The third-order valence-corrected chi connectivity index (χ3v) is 4.80. The van der Waals surface area contributed by atoms with Gasteiger partial charge in [-0.1, -0.05) is 12.1 Å². The van der Waals surface area contributed by atoms with Crippen LogP contribution < -0.4 is 15.8 Å². The molecular formula is C14H18N6O5S. The number of anilines is 2. The predicted octanol–water partition coefficient (Wildman–Crippen LogP) is 0.504. The fraction of sp³-hybridized carbons (Fsp3) is 0.286. The van der Waals surface area contributed by atoms with Gasteiger partial charge in [-0.25, -0.2) is 23.1 Å². The first-order chi connectivity index (χ1) is 12.3. The first-order valence-electron chi connectivity index (χ1n) is 7.41. The van der Waals surface area contributed by atoms with Crippen molar-refractivity contribution >= 4 is 27.3 Å². The van der Waals surface area contributed by atoms with Gasteiger partial charge in [0.25, 0.3) is 0 Å². The number of methoxy groups -OCH3 is 1. The molecule has 0 unspecified atom stereocenters. The van der Waals surface area contributed by atoms with Crippen molar-refractivity contribution in [2.75, 3.05) is 31.3 Å². The van der Waals surface area contributed by atoms with Gasteiger partial charge < -0.3 is 15.8 Å². The van der Waals surface area contributed by atoms with Crippen LogP contribution in [0.15, 0.2) is 35.5 Å². The Bertz CT molecular complexity index is 872. The topological polar surface area (TPSA) is 162 Å². The van der Waals surface area contributed by atoms with Crippen LogP contribution in [0, 0.1) is 10.1 Å². The maximum Gasteiger partial charge on any atom is 0.352 e. The lowest BCUT2D eigenvalue weighted by Crippen LogP contribution is -2.27. The predicted molar refractivity (Wildman–Crippen MR) is 93.9 cm³/mol. The van der Waals surface area contributed by atoms with Gasteiger partial charge in [0, 0.05) is 20.2 Å². The minimum absolute atomic E-state index is 0.0135. The maximum atomic E-state index is 12.1. The van der Waals surface area contributed by atoms with Crippen LogP contribution >= 0.6 is 0 Å². The highest BCUT2D eigenvalue weighted by Crippen LogP contribution is 2.26. The fourth-order valence-electron chi connectivity index (χ4n) is 2.04. The summed E-state index contributed by atoms with van der Waals surface area (Å²) < 4.78 is 31.3. The molecule has 0 amide bonds. The van der Waals surface area contributed by atoms with Gasteiger partial charge in [0.05, 0.1) is 16.4 Å². The van der Waals surface area contributed by atoms with E-state index in [1.807, 2.05) is 0 Å². The summed E-state index contributed by atoms with van der Waals surface area (Å²) in [4.78, 5) is 17.9. The zero-order valence-electron chi connectivity index (χ0n) is 13.9. The highest BCUT2D eigenvalue weighted by molar-refractivity contribution is 7.89. The average molecular weight is 382 g/mol. The number of benzene rings is 1.